The molecule has 2 rings (SSSR count). The van der Waals surface area contributed by atoms with Gasteiger partial charge in [-0.05, 0) is 30.2 Å². The zero-order valence-corrected chi connectivity index (χ0v) is 13.0. The number of alkyl halides is 3. The summed E-state index contributed by atoms with van der Waals surface area (Å²) in [6.07, 6.45) is -5.02. The van der Waals surface area contributed by atoms with Gasteiger partial charge in [-0.3, -0.25) is 4.79 Å². The monoisotopic (exact) mass is 372 g/mol. The number of carboxylic acids is 2. The van der Waals surface area contributed by atoms with Gasteiger partial charge in [-0.1, -0.05) is 6.07 Å². The molecule has 1 aromatic carbocycles. The molecule has 0 atom stereocenters. The first-order valence-corrected chi connectivity index (χ1v) is 6.81. The van der Waals surface area contributed by atoms with Crippen LogP contribution in [0.2, 0.25) is 0 Å². The number of carboxylic acid groups (broad SMARTS) is 2. The number of aromatic carboxylic acids is 2. The SMILES string of the molecule is Cc1ccc(OC(F)(F)F)cc1-c1c(C(=O)O)c(N)[nH]c(=O)c1C(=O)O. The van der Waals surface area contributed by atoms with Crippen LogP contribution in [0.3, 0.4) is 0 Å². The fourth-order valence-electron chi connectivity index (χ4n) is 2.38. The van der Waals surface area contributed by atoms with E-state index in [9.17, 15) is 37.8 Å². The molecule has 0 bridgehead atoms. The fourth-order valence-corrected chi connectivity index (χ4v) is 2.38. The van der Waals surface area contributed by atoms with E-state index >= 15 is 0 Å². The Morgan fingerprint density at radius 2 is 1.73 bits per heavy atom. The number of nitrogens with one attached hydrogen (secondary N) is 1. The first-order chi connectivity index (χ1) is 11.9. The molecule has 5 N–H and O–H groups in total. The van der Waals surface area contributed by atoms with Crippen LogP contribution in [0, 0.1) is 6.92 Å². The highest BCUT2D eigenvalue weighted by molar-refractivity contribution is 6.07. The van der Waals surface area contributed by atoms with E-state index in [1.165, 1.54) is 6.92 Å². The maximum atomic E-state index is 12.4. The van der Waals surface area contributed by atoms with Gasteiger partial charge in [0.2, 0.25) is 0 Å². The topological polar surface area (TPSA) is 143 Å². The average Bonchev–Trinajstić information content (AvgIpc) is 2.46. The van der Waals surface area contributed by atoms with Crippen LogP contribution in [0.1, 0.15) is 26.3 Å². The maximum Gasteiger partial charge on any atom is 0.573 e. The number of nitrogens with two attached hydrogens (primary N) is 1. The summed E-state index contributed by atoms with van der Waals surface area (Å²) in [5, 5.41) is 18.6. The lowest BCUT2D eigenvalue weighted by molar-refractivity contribution is -0.274. The van der Waals surface area contributed by atoms with Crippen molar-refractivity contribution in [3.05, 3.63) is 45.2 Å². The van der Waals surface area contributed by atoms with Crippen LogP contribution in [-0.4, -0.2) is 33.5 Å². The van der Waals surface area contributed by atoms with E-state index in [0.29, 0.717) is 0 Å². The molecule has 0 saturated carbocycles. The van der Waals surface area contributed by atoms with Gasteiger partial charge < -0.3 is 25.7 Å². The number of pyridine rings is 1. The molecular formula is C15H11F3N2O6. The predicted molar refractivity (Wildman–Crippen MR) is 82.2 cm³/mol. The van der Waals surface area contributed by atoms with Crippen LogP contribution in [-0.2, 0) is 0 Å². The third-order valence-corrected chi connectivity index (χ3v) is 3.38. The minimum atomic E-state index is -5.02. The molecule has 0 radical (unpaired) electrons. The average molecular weight is 372 g/mol. The van der Waals surface area contributed by atoms with Gasteiger partial charge in [0.1, 0.15) is 22.7 Å². The molecule has 8 nitrogen and oxygen atoms in total. The number of halogens is 3. The van der Waals surface area contributed by atoms with E-state index in [1.807, 2.05) is 4.98 Å². The molecule has 2 aromatic rings. The summed E-state index contributed by atoms with van der Waals surface area (Å²) in [5.41, 5.74) is 1.90. The van der Waals surface area contributed by atoms with E-state index < -0.39 is 52.1 Å². The van der Waals surface area contributed by atoms with E-state index in [-0.39, 0.29) is 11.1 Å². The van der Waals surface area contributed by atoms with Gasteiger partial charge in [0.05, 0.1) is 0 Å². The maximum absolute atomic E-state index is 12.4. The number of anilines is 1. The zero-order valence-electron chi connectivity index (χ0n) is 13.0. The van der Waals surface area contributed by atoms with Crippen LogP contribution >= 0.6 is 0 Å². The summed E-state index contributed by atoms with van der Waals surface area (Å²) in [7, 11) is 0. The molecule has 26 heavy (non-hydrogen) atoms. The van der Waals surface area contributed by atoms with E-state index in [0.717, 1.165) is 18.2 Å². The fraction of sp³-hybridized carbons (Fsp3) is 0.133. The highest BCUT2D eigenvalue weighted by Crippen LogP contribution is 2.35. The first-order valence-electron chi connectivity index (χ1n) is 6.81. The van der Waals surface area contributed by atoms with Crippen molar-refractivity contribution in [2.24, 2.45) is 0 Å². The Kier molecular flexibility index (Phi) is 4.65. The van der Waals surface area contributed by atoms with Gasteiger partial charge >= 0.3 is 18.3 Å². The number of hydrogen-bond acceptors (Lipinski definition) is 5. The highest BCUT2D eigenvalue weighted by Gasteiger charge is 2.32. The largest absolute Gasteiger partial charge is 0.573 e. The molecule has 0 aliphatic rings. The lowest BCUT2D eigenvalue weighted by Crippen LogP contribution is -2.24. The number of H-pyrrole nitrogens is 1. The van der Waals surface area contributed by atoms with E-state index in [2.05, 4.69) is 4.74 Å². The summed E-state index contributed by atoms with van der Waals surface area (Å²) in [6, 6.07) is 2.91. The van der Waals surface area contributed by atoms with Gasteiger partial charge in [-0.15, -0.1) is 13.2 Å². The van der Waals surface area contributed by atoms with Gasteiger partial charge in [0.25, 0.3) is 5.56 Å². The predicted octanol–water partition coefficient (Wildman–Crippen LogP) is 2.23. The second-order valence-electron chi connectivity index (χ2n) is 5.13. The molecule has 11 heteroatoms. The van der Waals surface area contributed by atoms with Crippen molar-refractivity contribution in [2.75, 3.05) is 5.73 Å². The van der Waals surface area contributed by atoms with Crippen molar-refractivity contribution in [3.63, 3.8) is 0 Å². The number of aromatic nitrogens is 1. The minimum Gasteiger partial charge on any atom is -0.478 e. The van der Waals surface area contributed by atoms with Crippen molar-refractivity contribution in [2.45, 2.75) is 13.3 Å². The Hall–Kier alpha value is -3.50. The van der Waals surface area contributed by atoms with Crippen LogP contribution < -0.4 is 16.0 Å². The standard InChI is InChI=1S/C15H11F3N2O6/c1-5-2-3-6(26-15(16,17)18)4-7(5)8-9(13(22)23)11(19)20-12(21)10(8)14(24)25/h2-4H,1H3,(H,22,23)(H,24,25)(H3,19,20,21). The third kappa shape index (κ3) is 3.61. The molecule has 0 spiro atoms. The Balaban J connectivity index is 2.91. The summed E-state index contributed by atoms with van der Waals surface area (Å²) >= 11 is 0. The second-order valence-corrected chi connectivity index (χ2v) is 5.13. The normalized spacial score (nSPS) is 11.2. The van der Waals surface area contributed by atoms with Crippen LogP contribution in [0.5, 0.6) is 5.75 Å². The van der Waals surface area contributed by atoms with Gasteiger partial charge in [-0.25, -0.2) is 9.59 Å². The van der Waals surface area contributed by atoms with Gasteiger partial charge in [0, 0.05) is 5.56 Å². The molecule has 138 valence electrons. The molecule has 1 aromatic heterocycles. The third-order valence-electron chi connectivity index (χ3n) is 3.38. The number of hydrogen-bond donors (Lipinski definition) is 4. The summed E-state index contributed by atoms with van der Waals surface area (Å²) < 4.78 is 41.1. The molecule has 0 aliphatic carbocycles. The smallest absolute Gasteiger partial charge is 0.478 e. The quantitative estimate of drug-likeness (QED) is 0.644. The van der Waals surface area contributed by atoms with E-state index in [1.54, 1.807) is 0 Å². The number of aromatic amines is 1. The van der Waals surface area contributed by atoms with Crippen molar-refractivity contribution >= 4 is 17.8 Å². The lowest BCUT2D eigenvalue weighted by Gasteiger charge is -2.16. The number of carbonyl (C=O) groups is 2. The van der Waals surface area contributed by atoms with Gasteiger partial charge in [-0.2, -0.15) is 0 Å². The molecule has 0 aliphatic heterocycles. The van der Waals surface area contributed by atoms with Crippen molar-refractivity contribution in [3.8, 4) is 16.9 Å². The van der Waals surface area contributed by atoms with E-state index in [4.69, 9.17) is 5.73 Å². The van der Waals surface area contributed by atoms with Crippen molar-refractivity contribution in [1.29, 1.82) is 0 Å². The first kappa shape index (κ1) is 18.8. The highest BCUT2D eigenvalue weighted by atomic mass is 19.4. The Morgan fingerprint density at radius 1 is 1.15 bits per heavy atom. The van der Waals surface area contributed by atoms with Crippen molar-refractivity contribution in [1.82, 2.24) is 4.98 Å². The Bertz CT molecular complexity index is 965. The summed E-state index contributed by atoms with van der Waals surface area (Å²) in [5.74, 6) is -4.79. The lowest BCUT2D eigenvalue weighted by atomic mass is 9.92. The van der Waals surface area contributed by atoms with Crippen LogP contribution in [0.15, 0.2) is 23.0 Å². The number of aryl methyl sites for hydroxylation is 1. The van der Waals surface area contributed by atoms with Crippen LogP contribution in [0.4, 0.5) is 19.0 Å². The molecule has 0 amide bonds. The zero-order chi connectivity index (χ0) is 19.8. The van der Waals surface area contributed by atoms with Gasteiger partial charge in [0.15, 0.2) is 0 Å². The molecular weight excluding hydrogens is 361 g/mol. The second kappa shape index (κ2) is 6.43. The molecule has 0 unspecified atom stereocenters. The number of benzene rings is 1. The Labute approximate surface area is 142 Å². The molecule has 0 fully saturated rings. The molecule has 0 saturated heterocycles. The summed E-state index contributed by atoms with van der Waals surface area (Å²) in [6.45, 7) is 1.39. The summed E-state index contributed by atoms with van der Waals surface area (Å²) in [4.78, 5) is 36.8. The minimum absolute atomic E-state index is 0.203. The van der Waals surface area contributed by atoms with Crippen molar-refractivity contribution < 1.29 is 37.7 Å². The molecule has 1 heterocycles. The van der Waals surface area contributed by atoms with Crippen LogP contribution in [0.25, 0.3) is 11.1 Å². The Morgan fingerprint density at radius 3 is 2.23 bits per heavy atom. The number of nitrogen functional groups attached to an aromatic ring is 1. The number of rotatable bonds is 4. The number of ether oxygens (including phenoxy) is 1.